The molecule has 0 aromatic heterocycles. The van der Waals surface area contributed by atoms with Gasteiger partial charge in [0.1, 0.15) is 0 Å². The van der Waals surface area contributed by atoms with Crippen molar-refractivity contribution in [3.63, 3.8) is 0 Å². The zero-order chi connectivity index (χ0) is 14.0. The minimum atomic E-state index is -0.0913. The van der Waals surface area contributed by atoms with Crippen LogP contribution in [0.2, 0.25) is 0 Å². The Morgan fingerprint density at radius 3 is 2.75 bits per heavy atom. The van der Waals surface area contributed by atoms with E-state index in [0.717, 1.165) is 44.7 Å². The van der Waals surface area contributed by atoms with E-state index in [1.807, 2.05) is 30.3 Å². The van der Waals surface area contributed by atoms with Crippen LogP contribution in [-0.4, -0.2) is 32.3 Å². The lowest BCUT2D eigenvalue weighted by Gasteiger charge is -2.21. The van der Waals surface area contributed by atoms with Crippen LogP contribution in [0.25, 0.3) is 0 Å². The van der Waals surface area contributed by atoms with E-state index >= 15 is 0 Å². The predicted octanol–water partition coefficient (Wildman–Crippen LogP) is 2.85. The van der Waals surface area contributed by atoms with Crippen molar-refractivity contribution in [1.82, 2.24) is 0 Å². The highest BCUT2D eigenvalue weighted by Crippen LogP contribution is 2.15. The Morgan fingerprint density at radius 2 is 2.00 bits per heavy atom. The highest BCUT2D eigenvalue weighted by atomic mass is 16.5. The van der Waals surface area contributed by atoms with Crippen molar-refractivity contribution in [2.24, 2.45) is 5.92 Å². The van der Waals surface area contributed by atoms with E-state index in [9.17, 15) is 4.79 Å². The van der Waals surface area contributed by atoms with Gasteiger partial charge < -0.3 is 14.8 Å². The second kappa shape index (κ2) is 8.59. The maximum absolute atomic E-state index is 11.6. The quantitative estimate of drug-likeness (QED) is 0.615. The normalized spacial score (nSPS) is 15.8. The molecule has 1 aliphatic rings. The molecule has 0 atom stereocenters. The average Bonchev–Trinajstić information content (AvgIpc) is 2.52. The number of rotatable bonds is 7. The molecule has 20 heavy (non-hydrogen) atoms. The second-order valence-corrected chi connectivity index (χ2v) is 5.14. The summed E-state index contributed by atoms with van der Waals surface area (Å²) in [5.74, 6) is 0.390. The molecule has 0 amide bonds. The summed E-state index contributed by atoms with van der Waals surface area (Å²) in [6.45, 7) is 2.93. The van der Waals surface area contributed by atoms with Gasteiger partial charge in [-0.25, -0.2) is 0 Å². The summed E-state index contributed by atoms with van der Waals surface area (Å²) < 4.78 is 10.6. The molecule has 1 saturated heterocycles. The standard InChI is InChI=1S/C16H23NO3/c18-16(20-13-14-8-11-19-12-9-14)7-4-10-17-15-5-2-1-3-6-15/h1-3,5-6,14,17H,4,7-13H2. The van der Waals surface area contributed by atoms with E-state index in [4.69, 9.17) is 9.47 Å². The minimum Gasteiger partial charge on any atom is -0.465 e. The molecule has 4 nitrogen and oxygen atoms in total. The van der Waals surface area contributed by atoms with Crippen LogP contribution in [0.4, 0.5) is 5.69 Å². The van der Waals surface area contributed by atoms with E-state index in [0.29, 0.717) is 18.9 Å². The van der Waals surface area contributed by atoms with Crippen LogP contribution in [0, 0.1) is 5.92 Å². The topological polar surface area (TPSA) is 47.6 Å². The Morgan fingerprint density at radius 1 is 1.25 bits per heavy atom. The lowest BCUT2D eigenvalue weighted by Crippen LogP contribution is -2.22. The van der Waals surface area contributed by atoms with Crippen molar-refractivity contribution >= 4 is 11.7 Å². The van der Waals surface area contributed by atoms with Crippen LogP contribution in [0.3, 0.4) is 0 Å². The molecule has 1 heterocycles. The van der Waals surface area contributed by atoms with Gasteiger partial charge in [-0.15, -0.1) is 0 Å². The number of ether oxygens (including phenoxy) is 2. The monoisotopic (exact) mass is 277 g/mol. The second-order valence-electron chi connectivity index (χ2n) is 5.14. The Kier molecular flexibility index (Phi) is 6.38. The fourth-order valence-electron chi connectivity index (χ4n) is 2.22. The zero-order valence-corrected chi connectivity index (χ0v) is 11.8. The molecule has 0 spiro atoms. The van der Waals surface area contributed by atoms with Crippen LogP contribution >= 0.6 is 0 Å². The Hall–Kier alpha value is -1.55. The van der Waals surface area contributed by atoms with Crippen LogP contribution in [0.5, 0.6) is 0 Å². The number of benzene rings is 1. The van der Waals surface area contributed by atoms with Crippen molar-refractivity contribution in [3.8, 4) is 0 Å². The Bertz CT molecular complexity index is 388. The molecule has 1 aliphatic heterocycles. The summed E-state index contributed by atoms with van der Waals surface area (Å²) >= 11 is 0. The van der Waals surface area contributed by atoms with Crippen LogP contribution in [0.1, 0.15) is 25.7 Å². The Balaban J connectivity index is 1.51. The molecule has 1 fully saturated rings. The van der Waals surface area contributed by atoms with Gasteiger partial charge in [0.05, 0.1) is 6.61 Å². The average molecular weight is 277 g/mol. The molecule has 1 N–H and O–H groups in total. The third-order valence-electron chi connectivity index (χ3n) is 3.48. The van der Waals surface area contributed by atoms with Crippen molar-refractivity contribution in [2.45, 2.75) is 25.7 Å². The van der Waals surface area contributed by atoms with Gasteiger partial charge in [-0.2, -0.15) is 0 Å². The van der Waals surface area contributed by atoms with Gasteiger partial charge in [-0.1, -0.05) is 18.2 Å². The summed E-state index contributed by atoms with van der Waals surface area (Å²) in [4.78, 5) is 11.6. The summed E-state index contributed by atoms with van der Waals surface area (Å²) in [6, 6.07) is 10.0. The zero-order valence-electron chi connectivity index (χ0n) is 11.8. The molecular weight excluding hydrogens is 254 g/mol. The molecule has 4 heteroatoms. The van der Waals surface area contributed by atoms with Gasteiger partial charge in [0.2, 0.25) is 0 Å². The lowest BCUT2D eigenvalue weighted by atomic mass is 10.0. The first-order valence-electron chi connectivity index (χ1n) is 7.37. The molecule has 1 aromatic rings. The van der Waals surface area contributed by atoms with E-state index in [1.54, 1.807) is 0 Å². The van der Waals surface area contributed by atoms with E-state index in [2.05, 4.69) is 5.32 Å². The first-order valence-corrected chi connectivity index (χ1v) is 7.37. The largest absolute Gasteiger partial charge is 0.465 e. The third-order valence-corrected chi connectivity index (χ3v) is 3.48. The summed E-state index contributed by atoms with van der Waals surface area (Å²) in [5, 5.41) is 3.28. The number of hydrogen-bond donors (Lipinski definition) is 1. The van der Waals surface area contributed by atoms with Crippen molar-refractivity contribution in [2.75, 3.05) is 31.7 Å². The smallest absolute Gasteiger partial charge is 0.305 e. The van der Waals surface area contributed by atoms with Gasteiger partial charge in [-0.05, 0) is 37.3 Å². The summed E-state index contributed by atoms with van der Waals surface area (Å²) in [6.07, 6.45) is 3.27. The first kappa shape index (κ1) is 14.9. The summed E-state index contributed by atoms with van der Waals surface area (Å²) in [7, 11) is 0. The molecule has 2 rings (SSSR count). The number of esters is 1. The molecule has 1 aromatic carbocycles. The van der Waals surface area contributed by atoms with Gasteiger partial charge in [0.25, 0.3) is 0 Å². The van der Waals surface area contributed by atoms with Gasteiger partial charge >= 0.3 is 5.97 Å². The highest BCUT2D eigenvalue weighted by molar-refractivity contribution is 5.69. The fraction of sp³-hybridized carbons (Fsp3) is 0.562. The fourth-order valence-corrected chi connectivity index (χ4v) is 2.22. The number of nitrogens with one attached hydrogen (secondary N) is 1. The van der Waals surface area contributed by atoms with Gasteiger partial charge in [0, 0.05) is 31.9 Å². The Labute approximate surface area is 120 Å². The SMILES string of the molecule is O=C(CCCNc1ccccc1)OCC1CCOCC1. The van der Waals surface area contributed by atoms with E-state index in [1.165, 1.54) is 0 Å². The van der Waals surface area contributed by atoms with E-state index in [-0.39, 0.29) is 5.97 Å². The first-order chi connectivity index (χ1) is 9.84. The van der Waals surface area contributed by atoms with Crippen LogP contribution < -0.4 is 5.32 Å². The molecule has 0 radical (unpaired) electrons. The number of hydrogen-bond acceptors (Lipinski definition) is 4. The molecule has 0 saturated carbocycles. The molecule has 110 valence electrons. The number of carbonyl (C=O) groups excluding carboxylic acids is 1. The van der Waals surface area contributed by atoms with Gasteiger partial charge in [-0.3, -0.25) is 4.79 Å². The number of para-hydroxylation sites is 1. The van der Waals surface area contributed by atoms with Crippen molar-refractivity contribution < 1.29 is 14.3 Å². The lowest BCUT2D eigenvalue weighted by molar-refractivity contribution is -0.146. The minimum absolute atomic E-state index is 0.0913. The molecule has 0 bridgehead atoms. The van der Waals surface area contributed by atoms with E-state index < -0.39 is 0 Å². The number of anilines is 1. The maximum atomic E-state index is 11.6. The van der Waals surface area contributed by atoms with Crippen LogP contribution in [0.15, 0.2) is 30.3 Å². The third kappa shape index (κ3) is 5.61. The van der Waals surface area contributed by atoms with Crippen LogP contribution in [-0.2, 0) is 14.3 Å². The molecule has 0 aliphatic carbocycles. The number of carbonyl (C=O) groups is 1. The predicted molar refractivity (Wildman–Crippen MR) is 78.7 cm³/mol. The van der Waals surface area contributed by atoms with Crippen molar-refractivity contribution in [3.05, 3.63) is 30.3 Å². The van der Waals surface area contributed by atoms with Gasteiger partial charge in [0.15, 0.2) is 0 Å². The summed E-state index contributed by atoms with van der Waals surface area (Å²) in [5.41, 5.74) is 1.09. The van der Waals surface area contributed by atoms with Crippen molar-refractivity contribution in [1.29, 1.82) is 0 Å². The highest BCUT2D eigenvalue weighted by Gasteiger charge is 2.15. The molecular formula is C16H23NO3. The molecule has 0 unspecified atom stereocenters. The maximum Gasteiger partial charge on any atom is 0.305 e.